The van der Waals surface area contributed by atoms with Gasteiger partial charge in [-0.25, -0.2) is 13.1 Å². The lowest BCUT2D eigenvalue weighted by molar-refractivity contribution is 0.0390. The van der Waals surface area contributed by atoms with E-state index in [2.05, 4.69) is 14.9 Å². The maximum Gasteiger partial charge on any atom is 0.212 e. The van der Waals surface area contributed by atoms with Gasteiger partial charge in [-0.05, 0) is 6.54 Å². The van der Waals surface area contributed by atoms with Crippen molar-refractivity contribution in [2.45, 2.75) is 6.92 Å². The lowest BCUT2D eigenvalue weighted by atomic mass is 10.4. The number of nitrogens with zero attached hydrogens (tertiary/aromatic N) is 1. The molecule has 0 aromatic heterocycles. The van der Waals surface area contributed by atoms with Gasteiger partial charge in [0.25, 0.3) is 0 Å². The summed E-state index contributed by atoms with van der Waals surface area (Å²) >= 11 is 0. The van der Waals surface area contributed by atoms with E-state index in [-0.39, 0.29) is 5.75 Å². The van der Waals surface area contributed by atoms with Gasteiger partial charge in [0.2, 0.25) is 10.0 Å². The normalized spacial score (nSPS) is 18.4. The van der Waals surface area contributed by atoms with Gasteiger partial charge in [0.05, 0.1) is 19.0 Å². The third kappa shape index (κ3) is 6.95. The van der Waals surface area contributed by atoms with E-state index in [1.165, 1.54) is 0 Å². The molecule has 0 saturated carbocycles. The number of sulfonamides is 1. The van der Waals surface area contributed by atoms with Crippen LogP contribution in [0.5, 0.6) is 0 Å². The summed E-state index contributed by atoms with van der Waals surface area (Å²) in [5.74, 6) is 0.143. The number of ether oxygens (including phenoxy) is 1. The highest BCUT2D eigenvalue weighted by atomic mass is 32.2. The van der Waals surface area contributed by atoms with E-state index in [1.54, 1.807) is 0 Å². The van der Waals surface area contributed by atoms with Gasteiger partial charge in [-0.3, -0.25) is 4.90 Å². The number of hydrogen-bond donors (Lipinski definition) is 2. The second-order valence-corrected chi connectivity index (χ2v) is 5.95. The molecule has 0 unspecified atom stereocenters. The highest BCUT2D eigenvalue weighted by Gasteiger charge is 2.12. The van der Waals surface area contributed by atoms with E-state index < -0.39 is 10.0 Å². The van der Waals surface area contributed by atoms with Crippen LogP contribution in [0.1, 0.15) is 6.92 Å². The summed E-state index contributed by atoms with van der Waals surface area (Å²) in [6, 6.07) is 0. The summed E-state index contributed by atoms with van der Waals surface area (Å²) in [6.07, 6.45) is 0. The van der Waals surface area contributed by atoms with E-state index in [0.717, 1.165) is 39.4 Å². The molecule has 0 radical (unpaired) electrons. The summed E-state index contributed by atoms with van der Waals surface area (Å²) in [6.45, 7) is 7.75. The zero-order valence-corrected chi connectivity index (χ0v) is 11.3. The van der Waals surface area contributed by atoms with E-state index in [0.29, 0.717) is 13.1 Å². The Bertz CT molecular complexity index is 289. The van der Waals surface area contributed by atoms with Crippen molar-refractivity contribution < 1.29 is 13.2 Å². The minimum Gasteiger partial charge on any atom is -0.379 e. The van der Waals surface area contributed by atoms with Crippen molar-refractivity contribution in [2.24, 2.45) is 0 Å². The molecule has 0 atom stereocenters. The molecule has 1 heterocycles. The van der Waals surface area contributed by atoms with Crippen molar-refractivity contribution >= 4 is 10.0 Å². The fourth-order valence-corrected chi connectivity index (χ4v) is 2.60. The summed E-state index contributed by atoms with van der Waals surface area (Å²) in [5, 5.41) is 3.00. The van der Waals surface area contributed by atoms with Crippen LogP contribution >= 0.6 is 0 Å². The molecule has 7 heteroatoms. The van der Waals surface area contributed by atoms with Crippen molar-refractivity contribution in [2.75, 3.05) is 58.2 Å². The first-order valence-corrected chi connectivity index (χ1v) is 7.77. The average Bonchev–Trinajstić information content (AvgIpc) is 2.30. The van der Waals surface area contributed by atoms with Gasteiger partial charge in [0.1, 0.15) is 0 Å². The highest BCUT2D eigenvalue weighted by Crippen LogP contribution is 1.95. The third-order valence-electron chi connectivity index (χ3n) is 2.65. The molecule has 102 valence electrons. The Morgan fingerprint density at radius 1 is 1.24 bits per heavy atom. The second-order valence-electron chi connectivity index (χ2n) is 4.02. The minimum atomic E-state index is -3.13. The Morgan fingerprint density at radius 3 is 2.59 bits per heavy atom. The molecule has 1 fully saturated rings. The molecule has 1 aliphatic rings. The van der Waals surface area contributed by atoms with Crippen LogP contribution < -0.4 is 10.0 Å². The van der Waals surface area contributed by atoms with Crippen molar-refractivity contribution in [1.82, 2.24) is 14.9 Å². The standard InChI is InChI=1S/C10H23N3O3S/c1-2-11-4-10-17(14,15)12-3-5-13-6-8-16-9-7-13/h11-12H,2-10H2,1H3. The Hall–Kier alpha value is -0.210. The van der Waals surface area contributed by atoms with Crippen molar-refractivity contribution in [3.63, 3.8) is 0 Å². The first kappa shape index (κ1) is 14.8. The summed E-state index contributed by atoms with van der Waals surface area (Å²) < 4.78 is 30.9. The number of morpholine rings is 1. The first-order valence-electron chi connectivity index (χ1n) is 6.12. The average molecular weight is 265 g/mol. The minimum absolute atomic E-state index is 0.143. The molecule has 0 aromatic rings. The van der Waals surface area contributed by atoms with Crippen LogP contribution in [0.2, 0.25) is 0 Å². The second kappa shape index (κ2) is 7.99. The Morgan fingerprint density at radius 2 is 1.94 bits per heavy atom. The highest BCUT2D eigenvalue weighted by molar-refractivity contribution is 7.89. The van der Waals surface area contributed by atoms with Crippen LogP contribution in [0.3, 0.4) is 0 Å². The smallest absolute Gasteiger partial charge is 0.212 e. The molecule has 17 heavy (non-hydrogen) atoms. The van der Waals surface area contributed by atoms with E-state index in [4.69, 9.17) is 4.74 Å². The quantitative estimate of drug-likeness (QED) is 0.542. The van der Waals surface area contributed by atoms with Crippen LogP contribution in [0.25, 0.3) is 0 Å². The van der Waals surface area contributed by atoms with E-state index in [1.807, 2.05) is 6.92 Å². The third-order valence-corrected chi connectivity index (χ3v) is 4.04. The molecule has 0 bridgehead atoms. The van der Waals surface area contributed by atoms with Crippen LogP contribution in [0, 0.1) is 0 Å². The fourth-order valence-electron chi connectivity index (χ4n) is 1.64. The van der Waals surface area contributed by atoms with Gasteiger partial charge in [0, 0.05) is 32.7 Å². The molecule has 1 rings (SSSR count). The van der Waals surface area contributed by atoms with Gasteiger partial charge < -0.3 is 10.1 Å². The van der Waals surface area contributed by atoms with Crippen molar-refractivity contribution in [3.8, 4) is 0 Å². The topological polar surface area (TPSA) is 70.7 Å². The Labute approximate surface area is 104 Å². The summed E-state index contributed by atoms with van der Waals surface area (Å²) in [5.41, 5.74) is 0. The molecular weight excluding hydrogens is 242 g/mol. The van der Waals surface area contributed by atoms with Gasteiger partial charge in [-0.15, -0.1) is 0 Å². The van der Waals surface area contributed by atoms with Gasteiger partial charge in [-0.1, -0.05) is 6.92 Å². The summed E-state index contributed by atoms with van der Waals surface area (Å²) in [4.78, 5) is 2.20. The van der Waals surface area contributed by atoms with Crippen LogP contribution in [0.15, 0.2) is 0 Å². The van der Waals surface area contributed by atoms with Crippen LogP contribution in [-0.4, -0.2) is 71.6 Å². The molecule has 0 spiro atoms. The van der Waals surface area contributed by atoms with Crippen molar-refractivity contribution in [3.05, 3.63) is 0 Å². The SMILES string of the molecule is CCNCCS(=O)(=O)NCCN1CCOCC1. The predicted molar refractivity (Wildman–Crippen MR) is 67.6 cm³/mol. The maximum atomic E-state index is 11.6. The van der Waals surface area contributed by atoms with E-state index in [9.17, 15) is 8.42 Å². The lowest BCUT2D eigenvalue weighted by Crippen LogP contribution is -2.42. The molecule has 0 aliphatic carbocycles. The predicted octanol–water partition coefficient (Wildman–Crippen LogP) is -1.15. The molecule has 2 N–H and O–H groups in total. The molecule has 1 aliphatic heterocycles. The summed E-state index contributed by atoms with van der Waals surface area (Å²) in [7, 11) is -3.13. The van der Waals surface area contributed by atoms with Crippen molar-refractivity contribution in [1.29, 1.82) is 0 Å². The largest absolute Gasteiger partial charge is 0.379 e. The Balaban J connectivity index is 2.11. The number of nitrogens with one attached hydrogen (secondary N) is 2. The molecule has 0 aromatic carbocycles. The Kier molecular flexibility index (Phi) is 6.98. The molecular formula is C10H23N3O3S. The maximum absolute atomic E-state index is 11.6. The van der Waals surface area contributed by atoms with Gasteiger partial charge >= 0.3 is 0 Å². The van der Waals surface area contributed by atoms with Gasteiger partial charge in [-0.2, -0.15) is 0 Å². The number of hydrogen-bond acceptors (Lipinski definition) is 5. The lowest BCUT2D eigenvalue weighted by Gasteiger charge is -2.26. The molecule has 0 amide bonds. The molecule has 6 nitrogen and oxygen atoms in total. The van der Waals surface area contributed by atoms with Crippen LogP contribution in [-0.2, 0) is 14.8 Å². The van der Waals surface area contributed by atoms with Crippen LogP contribution in [0.4, 0.5) is 0 Å². The van der Waals surface area contributed by atoms with E-state index >= 15 is 0 Å². The number of rotatable bonds is 8. The zero-order chi connectivity index (χ0) is 12.6. The fraction of sp³-hybridized carbons (Fsp3) is 1.00. The monoisotopic (exact) mass is 265 g/mol. The first-order chi connectivity index (χ1) is 8.14. The molecule has 1 saturated heterocycles. The van der Waals surface area contributed by atoms with Gasteiger partial charge in [0.15, 0.2) is 0 Å². The zero-order valence-electron chi connectivity index (χ0n) is 10.4.